The third kappa shape index (κ3) is 2.49. The average molecular weight is 338 g/mol. The summed E-state index contributed by atoms with van der Waals surface area (Å²) in [6.07, 6.45) is 6.41. The lowest BCUT2D eigenvalue weighted by atomic mass is 9.96. The summed E-state index contributed by atoms with van der Waals surface area (Å²) in [5.74, 6) is 1.33. The van der Waals surface area contributed by atoms with E-state index in [4.69, 9.17) is 0 Å². The van der Waals surface area contributed by atoms with Gasteiger partial charge in [-0.2, -0.15) is 0 Å². The second kappa shape index (κ2) is 5.86. The van der Waals surface area contributed by atoms with Crippen molar-refractivity contribution in [2.75, 3.05) is 13.1 Å². The molecule has 2 amide bonds. The molecule has 0 radical (unpaired) electrons. The monoisotopic (exact) mass is 338 g/mol. The SMILES string of the molecule is O=C([C@@H]1[C@@H]2CC[C@@H](C2)N1C(=O)[C@@H]1C[C@H]1c1ccccc1)N1CCCC1. The molecule has 132 valence electrons. The van der Waals surface area contributed by atoms with Crippen LogP contribution in [0.25, 0.3) is 0 Å². The average Bonchev–Trinajstić information content (AvgIpc) is 3.03. The number of carbonyl (C=O) groups is 2. The van der Waals surface area contributed by atoms with Gasteiger partial charge in [0.25, 0.3) is 0 Å². The molecule has 4 fully saturated rings. The molecule has 0 N–H and O–H groups in total. The van der Waals surface area contributed by atoms with Crippen molar-refractivity contribution in [3.05, 3.63) is 35.9 Å². The lowest BCUT2D eigenvalue weighted by Crippen LogP contribution is -2.53. The molecule has 2 aliphatic carbocycles. The minimum atomic E-state index is -0.165. The lowest BCUT2D eigenvalue weighted by molar-refractivity contribution is -0.148. The molecule has 0 spiro atoms. The van der Waals surface area contributed by atoms with Crippen molar-refractivity contribution < 1.29 is 9.59 Å². The number of amides is 2. The van der Waals surface area contributed by atoms with Crippen molar-refractivity contribution >= 4 is 11.8 Å². The van der Waals surface area contributed by atoms with Gasteiger partial charge in [-0.25, -0.2) is 0 Å². The van der Waals surface area contributed by atoms with Crippen LogP contribution in [-0.4, -0.2) is 46.8 Å². The number of hydrogen-bond acceptors (Lipinski definition) is 2. The van der Waals surface area contributed by atoms with Crippen molar-refractivity contribution in [3.8, 4) is 0 Å². The molecule has 25 heavy (non-hydrogen) atoms. The molecule has 2 bridgehead atoms. The van der Waals surface area contributed by atoms with E-state index in [-0.39, 0.29) is 23.8 Å². The van der Waals surface area contributed by atoms with E-state index in [2.05, 4.69) is 12.1 Å². The largest absolute Gasteiger partial charge is 0.341 e. The summed E-state index contributed by atoms with van der Waals surface area (Å²) in [4.78, 5) is 30.4. The molecule has 0 unspecified atom stereocenters. The molecule has 1 aromatic rings. The Kier molecular flexibility index (Phi) is 3.61. The van der Waals surface area contributed by atoms with Crippen LogP contribution in [0.3, 0.4) is 0 Å². The Labute approximate surface area is 149 Å². The number of rotatable bonds is 3. The Hall–Kier alpha value is -1.84. The van der Waals surface area contributed by atoms with Gasteiger partial charge in [0, 0.05) is 25.0 Å². The fourth-order valence-electron chi connectivity index (χ4n) is 5.48. The van der Waals surface area contributed by atoms with Gasteiger partial charge < -0.3 is 9.80 Å². The molecule has 2 heterocycles. The third-order valence-electron chi connectivity index (χ3n) is 6.85. The molecule has 2 saturated carbocycles. The van der Waals surface area contributed by atoms with E-state index in [0.717, 1.165) is 51.6 Å². The second-order valence-electron chi connectivity index (χ2n) is 8.31. The highest BCUT2D eigenvalue weighted by molar-refractivity contribution is 5.91. The zero-order valence-corrected chi connectivity index (χ0v) is 14.6. The van der Waals surface area contributed by atoms with Crippen LogP contribution >= 0.6 is 0 Å². The maximum Gasteiger partial charge on any atom is 0.245 e. The molecule has 2 aliphatic heterocycles. The standard InChI is InChI=1S/C21H26N2O2/c24-20(18-13-17(18)14-6-2-1-3-7-14)23-16-9-8-15(12-16)19(23)21(25)22-10-4-5-11-22/h1-3,6-7,15-19H,4-5,8-13H2/t15-,16+,17+,18-,19+/m1/s1. The topological polar surface area (TPSA) is 40.6 Å². The molecule has 0 aromatic heterocycles. The van der Waals surface area contributed by atoms with E-state index in [1.54, 1.807) is 0 Å². The number of carbonyl (C=O) groups excluding carboxylic acids is 2. The van der Waals surface area contributed by atoms with Gasteiger partial charge in [-0.3, -0.25) is 9.59 Å². The summed E-state index contributed by atoms with van der Waals surface area (Å²) in [5, 5.41) is 0. The molecule has 2 saturated heterocycles. The highest BCUT2D eigenvalue weighted by Crippen LogP contribution is 2.52. The van der Waals surface area contributed by atoms with E-state index < -0.39 is 0 Å². The first-order valence-electron chi connectivity index (χ1n) is 9.90. The van der Waals surface area contributed by atoms with Gasteiger partial charge >= 0.3 is 0 Å². The molecule has 4 nitrogen and oxygen atoms in total. The van der Waals surface area contributed by atoms with Crippen LogP contribution in [0.2, 0.25) is 0 Å². The summed E-state index contributed by atoms with van der Waals surface area (Å²) in [5.41, 5.74) is 1.27. The summed E-state index contributed by atoms with van der Waals surface area (Å²) < 4.78 is 0. The van der Waals surface area contributed by atoms with Crippen molar-refractivity contribution in [2.45, 2.75) is 56.5 Å². The maximum absolute atomic E-state index is 13.3. The van der Waals surface area contributed by atoms with Crippen LogP contribution in [0.1, 0.15) is 50.0 Å². The number of hydrogen-bond donors (Lipinski definition) is 0. The summed E-state index contributed by atoms with van der Waals surface area (Å²) >= 11 is 0. The van der Waals surface area contributed by atoms with Crippen LogP contribution in [0, 0.1) is 11.8 Å². The molecular formula is C21H26N2O2. The minimum absolute atomic E-state index is 0.0932. The normalized spacial score (nSPS) is 36.1. The second-order valence-corrected chi connectivity index (χ2v) is 8.31. The fourth-order valence-corrected chi connectivity index (χ4v) is 5.48. The Morgan fingerprint density at radius 2 is 1.68 bits per heavy atom. The number of fused-ring (bicyclic) bond motifs is 2. The van der Waals surface area contributed by atoms with Gasteiger partial charge in [-0.1, -0.05) is 30.3 Å². The Bertz CT molecular complexity index is 682. The molecular weight excluding hydrogens is 312 g/mol. The van der Waals surface area contributed by atoms with Crippen LogP contribution < -0.4 is 0 Å². The van der Waals surface area contributed by atoms with Gasteiger partial charge in [0.15, 0.2) is 0 Å². The molecule has 4 heteroatoms. The van der Waals surface area contributed by atoms with E-state index in [9.17, 15) is 9.59 Å². The van der Waals surface area contributed by atoms with E-state index >= 15 is 0 Å². The van der Waals surface area contributed by atoms with Gasteiger partial charge in [-0.05, 0) is 55.9 Å². The van der Waals surface area contributed by atoms with E-state index in [1.165, 1.54) is 5.56 Å². The first kappa shape index (κ1) is 15.4. The Morgan fingerprint density at radius 3 is 2.44 bits per heavy atom. The zero-order valence-electron chi connectivity index (χ0n) is 14.6. The van der Waals surface area contributed by atoms with Gasteiger partial charge in [0.05, 0.1) is 0 Å². The quantitative estimate of drug-likeness (QED) is 0.850. The van der Waals surface area contributed by atoms with Gasteiger partial charge in [0.1, 0.15) is 6.04 Å². The van der Waals surface area contributed by atoms with Crippen LogP contribution in [-0.2, 0) is 9.59 Å². The third-order valence-corrected chi connectivity index (χ3v) is 6.85. The first-order chi connectivity index (χ1) is 12.2. The summed E-state index contributed by atoms with van der Waals surface area (Å²) in [6.45, 7) is 1.76. The highest BCUT2D eigenvalue weighted by atomic mass is 16.2. The maximum atomic E-state index is 13.3. The predicted molar refractivity (Wildman–Crippen MR) is 94.9 cm³/mol. The van der Waals surface area contributed by atoms with Crippen molar-refractivity contribution in [1.29, 1.82) is 0 Å². The smallest absolute Gasteiger partial charge is 0.245 e. The van der Waals surface area contributed by atoms with Crippen molar-refractivity contribution in [2.24, 2.45) is 11.8 Å². The first-order valence-corrected chi connectivity index (χ1v) is 9.90. The van der Waals surface area contributed by atoms with Gasteiger partial charge in [0.2, 0.25) is 11.8 Å². The van der Waals surface area contributed by atoms with Crippen molar-refractivity contribution in [1.82, 2.24) is 9.80 Å². The van der Waals surface area contributed by atoms with Crippen LogP contribution in [0.15, 0.2) is 30.3 Å². The molecule has 4 aliphatic rings. The predicted octanol–water partition coefficient (Wildman–Crippen LogP) is 2.79. The van der Waals surface area contributed by atoms with Crippen LogP contribution in [0.4, 0.5) is 0 Å². The number of nitrogens with zero attached hydrogens (tertiary/aromatic N) is 2. The number of benzene rings is 1. The molecule has 5 atom stereocenters. The fraction of sp³-hybridized carbons (Fsp3) is 0.619. The lowest BCUT2D eigenvalue weighted by Gasteiger charge is -2.36. The number of piperidine rings is 1. The summed E-state index contributed by atoms with van der Waals surface area (Å²) in [7, 11) is 0. The molecule has 1 aromatic carbocycles. The highest BCUT2D eigenvalue weighted by Gasteiger charge is 2.56. The van der Waals surface area contributed by atoms with E-state index in [0.29, 0.717) is 17.9 Å². The van der Waals surface area contributed by atoms with E-state index in [1.807, 2.05) is 28.0 Å². The van der Waals surface area contributed by atoms with Crippen LogP contribution in [0.5, 0.6) is 0 Å². The minimum Gasteiger partial charge on any atom is -0.341 e. The van der Waals surface area contributed by atoms with Crippen molar-refractivity contribution in [3.63, 3.8) is 0 Å². The Balaban J connectivity index is 1.35. The zero-order chi connectivity index (χ0) is 17.0. The molecule has 5 rings (SSSR count). The Morgan fingerprint density at radius 1 is 0.920 bits per heavy atom. The number of likely N-dealkylation sites (tertiary alicyclic amines) is 2. The summed E-state index contributed by atoms with van der Waals surface area (Å²) in [6, 6.07) is 10.5. The van der Waals surface area contributed by atoms with Gasteiger partial charge in [-0.15, -0.1) is 0 Å².